The number of fused-ring (bicyclic) bond motifs is 1. The summed E-state index contributed by atoms with van der Waals surface area (Å²) in [5.74, 6) is 1.73. The summed E-state index contributed by atoms with van der Waals surface area (Å²) in [5.41, 5.74) is 2.47. The zero-order valence-electron chi connectivity index (χ0n) is 12.6. The molecule has 0 fully saturated rings. The van der Waals surface area contributed by atoms with E-state index < -0.39 is 0 Å². The second kappa shape index (κ2) is 7.05. The highest BCUT2D eigenvalue weighted by molar-refractivity contribution is 9.10. The smallest absolute Gasteiger partial charge is 0.222 e. The van der Waals surface area contributed by atoms with Gasteiger partial charge in [-0.15, -0.1) is 0 Å². The van der Waals surface area contributed by atoms with Crippen molar-refractivity contribution in [1.82, 2.24) is 15.0 Å². The molecule has 2 aromatic heterocycles. The van der Waals surface area contributed by atoms with Gasteiger partial charge in [0.25, 0.3) is 0 Å². The topological polar surface area (TPSA) is 62.7 Å². The Morgan fingerprint density at radius 3 is 2.95 bits per heavy atom. The lowest BCUT2D eigenvalue weighted by Gasteiger charge is -2.18. The molecule has 3 rings (SSSR count). The van der Waals surface area contributed by atoms with E-state index in [1.807, 2.05) is 0 Å². The standard InChI is InChI=1S/C16H20BrN5/c1-11(21-16-19-9-13(17)10-20-16)4-6-14-7-5-12-3-2-8-18-15(12)22-14/h5,7,9-11H,2-4,6,8H2,1H3,(H,18,22)(H,19,20,21)/t11-/m0/s1. The lowest BCUT2D eigenvalue weighted by atomic mass is 10.1. The van der Waals surface area contributed by atoms with Gasteiger partial charge in [-0.3, -0.25) is 0 Å². The maximum absolute atomic E-state index is 4.73. The van der Waals surface area contributed by atoms with Crippen molar-refractivity contribution in [2.24, 2.45) is 0 Å². The quantitative estimate of drug-likeness (QED) is 0.853. The highest BCUT2D eigenvalue weighted by Gasteiger charge is 2.11. The van der Waals surface area contributed by atoms with Gasteiger partial charge in [0.1, 0.15) is 5.82 Å². The van der Waals surface area contributed by atoms with Gasteiger partial charge in [0.15, 0.2) is 0 Å². The molecule has 0 spiro atoms. The first kappa shape index (κ1) is 15.2. The monoisotopic (exact) mass is 361 g/mol. The summed E-state index contributed by atoms with van der Waals surface area (Å²) in [7, 11) is 0. The molecule has 0 aromatic carbocycles. The second-order valence-corrected chi connectivity index (χ2v) is 6.57. The Balaban J connectivity index is 1.54. The van der Waals surface area contributed by atoms with E-state index in [-0.39, 0.29) is 0 Å². The number of pyridine rings is 1. The molecular weight excluding hydrogens is 342 g/mol. The third-order valence-corrected chi connectivity index (χ3v) is 4.19. The molecule has 2 N–H and O–H groups in total. The van der Waals surface area contributed by atoms with Crippen molar-refractivity contribution in [1.29, 1.82) is 0 Å². The highest BCUT2D eigenvalue weighted by atomic mass is 79.9. The van der Waals surface area contributed by atoms with Gasteiger partial charge in [0.2, 0.25) is 5.95 Å². The van der Waals surface area contributed by atoms with Crippen LogP contribution in [0.15, 0.2) is 29.0 Å². The van der Waals surface area contributed by atoms with E-state index in [0.717, 1.165) is 41.8 Å². The molecule has 2 aromatic rings. The summed E-state index contributed by atoms with van der Waals surface area (Å²) in [6.45, 7) is 3.17. The summed E-state index contributed by atoms with van der Waals surface area (Å²) in [4.78, 5) is 13.2. The zero-order chi connectivity index (χ0) is 15.4. The van der Waals surface area contributed by atoms with Gasteiger partial charge in [0, 0.05) is 30.7 Å². The summed E-state index contributed by atoms with van der Waals surface area (Å²) in [6, 6.07) is 4.65. The van der Waals surface area contributed by atoms with Gasteiger partial charge < -0.3 is 10.6 Å². The molecular formula is C16H20BrN5. The predicted molar refractivity (Wildman–Crippen MR) is 92.2 cm³/mol. The molecule has 0 saturated heterocycles. The summed E-state index contributed by atoms with van der Waals surface area (Å²) >= 11 is 3.34. The number of halogens is 1. The molecule has 116 valence electrons. The summed E-state index contributed by atoms with van der Waals surface area (Å²) in [5, 5.41) is 6.70. The molecule has 0 amide bonds. The Hall–Kier alpha value is -1.69. The van der Waals surface area contributed by atoms with Crippen molar-refractivity contribution in [2.75, 3.05) is 17.2 Å². The van der Waals surface area contributed by atoms with Gasteiger partial charge in [0.05, 0.1) is 4.47 Å². The van der Waals surface area contributed by atoms with Crippen LogP contribution in [0.4, 0.5) is 11.8 Å². The van der Waals surface area contributed by atoms with Crippen molar-refractivity contribution in [3.63, 3.8) is 0 Å². The van der Waals surface area contributed by atoms with Crippen LogP contribution in [0.2, 0.25) is 0 Å². The molecule has 22 heavy (non-hydrogen) atoms. The molecule has 1 aliphatic rings. The first-order chi connectivity index (χ1) is 10.7. The molecule has 1 atom stereocenters. The van der Waals surface area contributed by atoms with Crippen LogP contribution in [0, 0.1) is 0 Å². The highest BCUT2D eigenvalue weighted by Crippen LogP contribution is 2.20. The fourth-order valence-corrected chi connectivity index (χ4v) is 2.76. The van der Waals surface area contributed by atoms with E-state index in [1.54, 1.807) is 12.4 Å². The molecule has 0 aliphatic carbocycles. The van der Waals surface area contributed by atoms with Crippen LogP contribution in [0.25, 0.3) is 0 Å². The number of rotatable bonds is 5. The van der Waals surface area contributed by atoms with Gasteiger partial charge in [-0.2, -0.15) is 0 Å². The van der Waals surface area contributed by atoms with Gasteiger partial charge in [-0.05, 0) is 60.2 Å². The first-order valence-electron chi connectivity index (χ1n) is 7.67. The van der Waals surface area contributed by atoms with E-state index >= 15 is 0 Å². The lowest BCUT2D eigenvalue weighted by Crippen LogP contribution is -2.18. The lowest BCUT2D eigenvalue weighted by molar-refractivity contribution is 0.687. The average Bonchev–Trinajstić information content (AvgIpc) is 2.55. The predicted octanol–water partition coefficient (Wildman–Crippen LogP) is 3.43. The molecule has 1 aliphatic heterocycles. The van der Waals surface area contributed by atoms with Crippen LogP contribution in [0.1, 0.15) is 31.0 Å². The second-order valence-electron chi connectivity index (χ2n) is 5.65. The van der Waals surface area contributed by atoms with Crippen molar-refractivity contribution >= 4 is 27.7 Å². The molecule has 3 heterocycles. The minimum absolute atomic E-state index is 0.298. The molecule has 0 bridgehead atoms. The minimum atomic E-state index is 0.298. The third kappa shape index (κ3) is 3.94. The Morgan fingerprint density at radius 1 is 1.32 bits per heavy atom. The maximum atomic E-state index is 4.73. The Labute approximate surface area is 139 Å². The molecule has 0 unspecified atom stereocenters. The molecule has 5 nitrogen and oxygen atoms in total. The Kier molecular flexibility index (Phi) is 4.87. The van der Waals surface area contributed by atoms with Crippen molar-refractivity contribution in [3.05, 3.63) is 40.3 Å². The van der Waals surface area contributed by atoms with Crippen LogP contribution in [-0.2, 0) is 12.8 Å². The maximum Gasteiger partial charge on any atom is 0.222 e. The van der Waals surface area contributed by atoms with Crippen LogP contribution < -0.4 is 10.6 Å². The Morgan fingerprint density at radius 2 is 2.14 bits per heavy atom. The average molecular weight is 362 g/mol. The number of nitrogens with zero attached hydrogens (tertiary/aromatic N) is 3. The number of anilines is 2. The van der Waals surface area contributed by atoms with Crippen molar-refractivity contribution in [3.8, 4) is 0 Å². The number of nitrogens with one attached hydrogen (secondary N) is 2. The minimum Gasteiger partial charge on any atom is -0.370 e. The number of hydrogen-bond donors (Lipinski definition) is 2. The third-order valence-electron chi connectivity index (χ3n) is 3.78. The fourth-order valence-electron chi connectivity index (χ4n) is 2.55. The van der Waals surface area contributed by atoms with Crippen molar-refractivity contribution < 1.29 is 0 Å². The molecule has 0 radical (unpaired) electrons. The van der Waals surface area contributed by atoms with E-state index in [9.17, 15) is 0 Å². The van der Waals surface area contributed by atoms with E-state index in [1.165, 1.54) is 12.0 Å². The summed E-state index contributed by atoms with van der Waals surface area (Å²) in [6.07, 6.45) is 7.76. The van der Waals surface area contributed by atoms with E-state index in [0.29, 0.717) is 12.0 Å². The number of aromatic nitrogens is 3. The molecule has 0 saturated carbocycles. The molecule has 6 heteroatoms. The van der Waals surface area contributed by atoms with Gasteiger partial charge >= 0.3 is 0 Å². The van der Waals surface area contributed by atoms with Crippen LogP contribution in [-0.4, -0.2) is 27.5 Å². The van der Waals surface area contributed by atoms with E-state index in [2.05, 4.69) is 55.6 Å². The summed E-state index contributed by atoms with van der Waals surface area (Å²) < 4.78 is 0.886. The fraction of sp³-hybridized carbons (Fsp3) is 0.438. The zero-order valence-corrected chi connectivity index (χ0v) is 14.2. The normalized spacial score (nSPS) is 14.8. The van der Waals surface area contributed by atoms with Crippen molar-refractivity contribution in [2.45, 2.75) is 38.6 Å². The SMILES string of the molecule is C[C@@H](CCc1ccc2c(n1)NCCC2)Nc1ncc(Br)cn1. The van der Waals surface area contributed by atoms with Crippen LogP contribution in [0.5, 0.6) is 0 Å². The number of hydrogen-bond acceptors (Lipinski definition) is 5. The van der Waals surface area contributed by atoms with E-state index in [4.69, 9.17) is 4.98 Å². The Bertz CT molecular complexity index is 629. The number of aryl methyl sites for hydroxylation is 2. The largest absolute Gasteiger partial charge is 0.370 e. The van der Waals surface area contributed by atoms with Crippen LogP contribution in [0.3, 0.4) is 0 Å². The van der Waals surface area contributed by atoms with Gasteiger partial charge in [-0.25, -0.2) is 15.0 Å². The van der Waals surface area contributed by atoms with Crippen LogP contribution >= 0.6 is 15.9 Å². The van der Waals surface area contributed by atoms with Gasteiger partial charge in [-0.1, -0.05) is 6.07 Å². The first-order valence-corrected chi connectivity index (χ1v) is 8.47.